The zero-order valence-corrected chi connectivity index (χ0v) is 16.5. The molecule has 4 atom stereocenters. The number of allylic oxidation sites excluding steroid dienone is 5. The molecule has 26 heavy (non-hydrogen) atoms. The van der Waals surface area contributed by atoms with Gasteiger partial charge in [0.2, 0.25) is 0 Å². The van der Waals surface area contributed by atoms with Crippen LogP contribution in [-0.2, 0) is 0 Å². The quantitative estimate of drug-likeness (QED) is 0.598. The lowest BCUT2D eigenvalue weighted by Gasteiger charge is -2.39. The molecule has 2 heteroatoms. The summed E-state index contributed by atoms with van der Waals surface area (Å²) in [6.45, 7) is 8.22. The SMILES string of the molecule is CC(C)(C)CC1CC[C@H]2C3=C1CC=C1C=CCCC1N3C1=CC=NC[C@@H]12. The Kier molecular flexibility index (Phi) is 3.81. The summed E-state index contributed by atoms with van der Waals surface area (Å²) in [6, 6.07) is 0.561. The fraction of sp³-hybridized carbons (Fsp3) is 0.625. The molecule has 1 saturated heterocycles. The van der Waals surface area contributed by atoms with Gasteiger partial charge in [-0.2, -0.15) is 0 Å². The van der Waals surface area contributed by atoms with Gasteiger partial charge in [0.15, 0.2) is 0 Å². The van der Waals surface area contributed by atoms with Gasteiger partial charge in [0.1, 0.15) is 0 Å². The normalized spacial score (nSPS) is 35.4. The number of dihydropyridines is 1. The number of fused-ring (bicyclic) bond motifs is 5. The third-order valence-corrected chi connectivity index (χ3v) is 7.09. The van der Waals surface area contributed by atoms with Crippen LogP contribution in [0, 0.1) is 23.2 Å². The van der Waals surface area contributed by atoms with E-state index in [1.807, 2.05) is 0 Å². The van der Waals surface area contributed by atoms with Gasteiger partial charge in [-0.15, -0.1) is 0 Å². The average molecular weight is 349 g/mol. The molecule has 2 unspecified atom stereocenters. The van der Waals surface area contributed by atoms with Crippen molar-refractivity contribution in [3.63, 3.8) is 0 Å². The first-order valence-electron chi connectivity index (χ1n) is 10.6. The molecule has 0 N–H and O–H groups in total. The van der Waals surface area contributed by atoms with Crippen molar-refractivity contribution >= 4 is 6.21 Å². The van der Waals surface area contributed by atoms with Crippen LogP contribution in [0.15, 0.2) is 51.8 Å². The predicted molar refractivity (Wildman–Crippen MR) is 109 cm³/mol. The van der Waals surface area contributed by atoms with Gasteiger partial charge in [-0.1, -0.05) is 39.0 Å². The van der Waals surface area contributed by atoms with Crippen molar-refractivity contribution < 1.29 is 0 Å². The van der Waals surface area contributed by atoms with Gasteiger partial charge < -0.3 is 4.90 Å². The molecule has 3 aliphatic heterocycles. The third kappa shape index (κ3) is 2.56. The Morgan fingerprint density at radius 1 is 1.15 bits per heavy atom. The van der Waals surface area contributed by atoms with E-state index < -0.39 is 0 Å². The van der Waals surface area contributed by atoms with Crippen LogP contribution in [0.3, 0.4) is 0 Å². The lowest BCUT2D eigenvalue weighted by molar-refractivity contribution is 0.260. The maximum atomic E-state index is 4.65. The van der Waals surface area contributed by atoms with E-state index in [4.69, 9.17) is 0 Å². The number of hydrogen-bond donors (Lipinski definition) is 0. The second kappa shape index (κ2) is 5.97. The van der Waals surface area contributed by atoms with Crippen LogP contribution < -0.4 is 0 Å². The van der Waals surface area contributed by atoms with Crippen LogP contribution in [0.25, 0.3) is 0 Å². The first-order valence-corrected chi connectivity index (χ1v) is 10.6. The molecule has 0 amide bonds. The number of hydrogen-bond acceptors (Lipinski definition) is 2. The molecule has 2 aliphatic carbocycles. The number of nitrogens with zero attached hydrogens (tertiary/aromatic N) is 2. The molecule has 0 aromatic carbocycles. The highest BCUT2D eigenvalue weighted by atomic mass is 15.2. The van der Waals surface area contributed by atoms with Gasteiger partial charge in [0.25, 0.3) is 0 Å². The summed E-state index contributed by atoms with van der Waals surface area (Å²) >= 11 is 0. The fourth-order valence-corrected chi connectivity index (χ4v) is 6.16. The molecule has 0 radical (unpaired) electrons. The van der Waals surface area contributed by atoms with Gasteiger partial charge in [0, 0.05) is 36.0 Å². The zero-order valence-electron chi connectivity index (χ0n) is 16.5. The Bertz CT molecular complexity index is 756. The summed E-state index contributed by atoms with van der Waals surface area (Å²) in [4.78, 5) is 7.45. The molecule has 1 fully saturated rings. The van der Waals surface area contributed by atoms with Crippen molar-refractivity contribution in [3.8, 4) is 0 Å². The van der Waals surface area contributed by atoms with Gasteiger partial charge >= 0.3 is 0 Å². The van der Waals surface area contributed by atoms with E-state index in [1.165, 1.54) is 38.5 Å². The number of aliphatic imine (C=N–C) groups is 1. The maximum Gasteiger partial charge on any atom is 0.0585 e. The Morgan fingerprint density at radius 3 is 2.88 bits per heavy atom. The van der Waals surface area contributed by atoms with E-state index in [0.717, 1.165) is 12.5 Å². The van der Waals surface area contributed by atoms with E-state index in [2.05, 4.69) is 61.2 Å². The second-order valence-corrected chi connectivity index (χ2v) is 10.0. The van der Waals surface area contributed by atoms with E-state index in [1.54, 1.807) is 22.5 Å². The Morgan fingerprint density at radius 2 is 2.04 bits per heavy atom. The molecule has 5 rings (SSSR count). The van der Waals surface area contributed by atoms with Crippen molar-refractivity contribution in [3.05, 3.63) is 46.8 Å². The highest BCUT2D eigenvalue weighted by Gasteiger charge is 2.49. The van der Waals surface area contributed by atoms with E-state index >= 15 is 0 Å². The number of rotatable bonds is 1. The minimum Gasteiger partial charge on any atom is -0.341 e. The van der Waals surface area contributed by atoms with E-state index in [-0.39, 0.29) is 0 Å². The van der Waals surface area contributed by atoms with Crippen LogP contribution >= 0.6 is 0 Å². The van der Waals surface area contributed by atoms with Crippen molar-refractivity contribution in [1.29, 1.82) is 0 Å². The molecule has 138 valence electrons. The highest BCUT2D eigenvalue weighted by molar-refractivity contribution is 5.74. The van der Waals surface area contributed by atoms with E-state index in [9.17, 15) is 0 Å². The lowest BCUT2D eigenvalue weighted by Crippen LogP contribution is -2.35. The summed E-state index contributed by atoms with van der Waals surface area (Å²) in [6.07, 6.45) is 19.4. The smallest absolute Gasteiger partial charge is 0.0585 e. The molecule has 0 aromatic heterocycles. The van der Waals surface area contributed by atoms with Crippen molar-refractivity contribution in [2.75, 3.05) is 6.54 Å². The highest BCUT2D eigenvalue weighted by Crippen LogP contribution is 2.55. The molecular weight excluding hydrogens is 316 g/mol. The summed E-state index contributed by atoms with van der Waals surface area (Å²) < 4.78 is 0. The molecule has 0 saturated carbocycles. The average Bonchev–Trinajstić information content (AvgIpc) is 2.83. The summed E-state index contributed by atoms with van der Waals surface area (Å²) in [5.41, 5.74) is 7.01. The van der Waals surface area contributed by atoms with Crippen molar-refractivity contribution in [1.82, 2.24) is 4.90 Å². The minimum absolute atomic E-state index is 0.399. The maximum absolute atomic E-state index is 4.65. The Labute approximate surface area is 158 Å². The van der Waals surface area contributed by atoms with Crippen molar-refractivity contribution in [2.45, 2.75) is 65.3 Å². The molecule has 5 aliphatic rings. The first kappa shape index (κ1) is 16.6. The predicted octanol–water partition coefficient (Wildman–Crippen LogP) is 5.65. The largest absolute Gasteiger partial charge is 0.341 e. The topological polar surface area (TPSA) is 15.6 Å². The Hall–Kier alpha value is -1.57. The van der Waals surface area contributed by atoms with Gasteiger partial charge in [-0.3, -0.25) is 4.99 Å². The first-order chi connectivity index (χ1) is 12.5. The van der Waals surface area contributed by atoms with Crippen LogP contribution in [0.5, 0.6) is 0 Å². The Balaban J connectivity index is 1.64. The molecule has 0 spiro atoms. The van der Waals surface area contributed by atoms with Gasteiger partial charge in [-0.25, -0.2) is 0 Å². The van der Waals surface area contributed by atoms with Crippen LogP contribution in [0.2, 0.25) is 0 Å². The standard InChI is InChI=1S/C24H32N2/c1-24(2,3)14-17-9-11-19-20-15-25-13-12-22(20)26-21-7-5-4-6-16(21)8-10-18(17)23(19)26/h4,6,8,12-13,17,19-21H,5,7,9-11,14-15H2,1-3H3/t17?,19-,20-,21?/m1/s1. The van der Waals surface area contributed by atoms with Crippen molar-refractivity contribution in [2.24, 2.45) is 28.2 Å². The van der Waals surface area contributed by atoms with E-state index in [0.29, 0.717) is 23.3 Å². The molecule has 2 nitrogen and oxygen atoms in total. The molecule has 0 bridgehead atoms. The molecule has 0 aromatic rings. The monoisotopic (exact) mass is 348 g/mol. The van der Waals surface area contributed by atoms with Crippen LogP contribution in [0.4, 0.5) is 0 Å². The molecular formula is C24H32N2. The van der Waals surface area contributed by atoms with Gasteiger partial charge in [0.05, 0.1) is 6.04 Å². The minimum atomic E-state index is 0.399. The third-order valence-electron chi connectivity index (χ3n) is 7.09. The van der Waals surface area contributed by atoms with Crippen LogP contribution in [0.1, 0.15) is 59.3 Å². The van der Waals surface area contributed by atoms with Crippen LogP contribution in [-0.4, -0.2) is 23.7 Å². The second-order valence-electron chi connectivity index (χ2n) is 10.0. The summed E-state index contributed by atoms with van der Waals surface area (Å²) in [5.74, 6) is 2.10. The lowest BCUT2D eigenvalue weighted by atomic mass is 9.70. The zero-order chi connectivity index (χ0) is 17.9. The fourth-order valence-electron chi connectivity index (χ4n) is 6.16. The van der Waals surface area contributed by atoms with Gasteiger partial charge in [-0.05, 0) is 67.1 Å². The molecule has 3 heterocycles. The summed E-state index contributed by atoms with van der Waals surface area (Å²) in [7, 11) is 0. The summed E-state index contributed by atoms with van der Waals surface area (Å²) in [5, 5.41) is 0.